The van der Waals surface area contributed by atoms with E-state index < -0.39 is 0 Å². The topological polar surface area (TPSA) is 97.3 Å². The Kier molecular flexibility index (Phi) is 3.73. The number of aromatic nitrogens is 6. The first-order valence-electron chi connectivity index (χ1n) is 7.71. The molecule has 4 aromatic rings. The summed E-state index contributed by atoms with van der Waals surface area (Å²) in [6.07, 6.45) is 1.47. The molecule has 0 radical (unpaired) electrons. The van der Waals surface area contributed by atoms with Crippen LogP contribution < -0.4 is 10.2 Å². The lowest BCUT2D eigenvalue weighted by Gasteiger charge is -2.08. The molecule has 0 bridgehead atoms. The molecule has 0 fully saturated rings. The summed E-state index contributed by atoms with van der Waals surface area (Å²) in [6.45, 7) is 0.369. The number of fused-ring (bicyclic) bond motifs is 1. The lowest BCUT2D eigenvalue weighted by atomic mass is 10.1. The maximum atomic E-state index is 5.23. The van der Waals surface area contributed by atoms with Crippen molar-refractivity contribution in [3.63, 3.8) is 0 Å². The maximum absolute atomic E-state index is 5.23. The number of hydrogen-bond donors (Lipinski definition) is 1. The zero-order valence-corrected chi connectivity index (χ0v) is 13.8. The highest BCUT2D eigenvalue weighted by molar-refractivity contribution is 5.65. The number of nitrogens with zero attached hydrogens (tertiary/aromatic N) is 7. The Morgan fingerprint density at radius 2 is 2.00 bits per heavy atom. The zero-order valence-electron chi connectivity index (χ0n) is 13.8. The zero-order chi connectivity index (χ0) is 17.2. The van der Waals surface area contributed by atoms with E-state index in [0.29, 0.717) is 24.2 Å². The summed E-state index contributed by atoms with van der Waals surface area (Å²) >= 11 is 0. The largest absolute Gasteiger partial charge is 0.361 e. The molecule has 9 nitrogen and oxygen atoms in total. The van der Waals surface area contributed by atoms with Gasteiger partial charge in [-0.1, -0.05) is 30.3 Å². The van der Waals surface area contributed by atoms with Crippen molar-refractivity contribution >= 4 is 17.5 Å². The SMILES string of the molecule is CN(C)c1noc(CNc2cc(-c3ccccc3)nc3ncnn23)n1. The van der Waals surface area contributed by atoms with E-state index in [1.165, 1.54) is 6.33 Å². The van der Waals surface area contributed by atoms with E-state index >= 15 is 0 Å². The van der Waals surface area contributed by atoms with E-state index in [0.717, 1.165) is 17.1 Å². The maximum Gasteiger partial charge on any atom is 0.265 e. The van der Waals surface area contributed by atoms with Crippen LogP contribution in [0.25, 0.3) is 17.0 Å². The average molecular weight is 336 g/mol. The van der Waals surface area contributed by atoms with Crippen LogP contribution in [0.3, 0.4) is 0 Å². The Morgan fingerprint density at radius 3 is 2.76 bits per heavy atom. The molecule has 1 aromatic carbocycles. The predicted molar refractivity (Wildman–Crippen MR) is 92.2 cm³/mol. The van der Waals surface area contributed by atoms with Gasteiger partial charge >= 0.3 is 0 Å². The number of anilines is 2. The van der Waals surface area contributed by atoms with Crippen LogP contribution in [0.15, 0.2) is 47.2 Å². The van der Waals surface area contributed by atoms with Crippen molar-refractivity contribution in [3.8, 4) is 11.3 Å². The highest BCUT2D eigenvalue weighted by Crippen LogP contribution is 2.21. The van der Waals surface area contributed by atoms with Gasteiger partial charge in [0.15, 0.2) is 0 Å². The van der Waals surface area contributed by atoms with E-state index in [9.17, 15) is 0 Å². The fourth-order valence-electron chi connectivity index (χ4n) is 2.36. The molecule has 0 unspecified atom stereocenters. The van der Waals surface area contributed by atoms with Crippen LogP contribution in [0.4, 0.5) is 11.8 Å². The van der Waals surface area contributed by atoms with Gasteiger partial charge in [-0.3, -0.25) is 0 Å². The summed E-state index contributed by atoms with van der Waals surface area (Å²) in [5, 5.41) is 11.4. The second-order valence-corrected chi connectivity index (χ2v) is 5.60. The summed E-state index contributed by atoms with van der Waals surface area (Å²) < 4.78 is 6.86. The first kappa shape index (κ1) is 15.1. The fourth-order valence-corrected chi connectivity index (χ4v) is 2.36. The van der Waals surface area contributed by atoms with Gasteiger partial charge in [-0.15, -0.1) is 0 Å². The van der Waals surface area contributed by atoms with Gasteiger partial charge in [-0.05, 0) is 5.16 Å². The van der Waals surface area contributed by atoms with E-state index in [4.69, 9.17) is 4.52 Å². The fraction of sp³-hybridized carbons (Fsp3) is 0.188. The summed E-state index contributed by atoms with van der Waals surface area (Å²) in [4.78, 5) is 14.8. The third-order valence-electron chi connectivity index (χ3n) is 3.60. The number of rotatable bonds is 5. The van der Waals surface area contributed by atoms with Gasteiger partial charge in [-0.25, -0.2) is 4.98 Å². The molecule has 0 spiro atoms. The number of benzene rings is 1. The standard InChI is InChI=1S/C16H16N8O/c1-23(2)16-21-14(25-22-16)9-17-13-8-12(11-6-4-3-5-7-11)20-15-18-10-19-24(13)15/h3-8,10,17H,9H2,1-2H3. The Bertz CT molecular complexity index is 992. The third-order valence-corrected chi connectivity index (χ3v) is 3.60. The minimum absolute atomic E-state index is 0.369. The molecule has 3 aromatic heterocycles. The number of nitrogens with one attached hydrogen (secondary N) is 1. The molecule has 9 heteroatoms. The lowest BCUT2D eigenvalue weighted by molar-refractivity contribution is 0.383. The molecular weight excluding hydrogens is 320 g/mol. The monoisotopic (exact) mass is 336 g/mol. The van der Waals surface area contributed by atoms with Crippen molar-refractivity contribution in [1.82, 2.24) is 29.7 Å². The van der Waals surface area contributed by atoms with E-state index in [-0.39, 0.29) is 0 Å². The van der Waals surface area contributed by atoms with E-state index in [1.54, 1.807) is 9.42 Å². The predicted octanol–water partition coefficient (Wildman–Crippen LogP) is 1.85. The second kappa shape index (κ2) is 6.19. The quantitative estimate of drug-likeness (QED) is 0.590. The molecule has 0 aliphatic heterocycles. The normalized spacial score (nSPS) is 11.0. The van der Waals surface area contributed by atoms with E-state index in [2.05, 4.69) is 30.5 Å². The first-order chi connectivity index (χ1) is 12.2. The summed E-state index contributed by atoms with van der Waals surface area (Å²) in [6, 6.07) is 11.8. The first-order valence-corrected chi connectivity index (χ1v) is 7.71. The van der Waals surface area contributed by atoms with Gasteiger partial charge < -0.3 is 14.7 Å². The molecule has 4 rings (SSSR count). The third kappa shape index (κ3) is 2.99. The highest BCUT2D eigenvalue weighted by Gasteiger charge is 2.11. The van der Waals surface area contributed by atoms with E-state index in [1.807, 2.05) is 50.5 Å². The molecule has 0 aliphatic rings. The molecule has 3 heterocycles. The van der Waals surface area contributed by atoms with Gasteiger partial charge in [-0.2, -0.15) is 19.6 Å². The Labute approximate surface area is 143 Å². The Hall–Kier alpha value is -3.49. The molecule has 0 saturated carbocycles. The lowest BCUT2D eigenvalue weighted by Crippen LogP contribution is -2.11. The van der Waals surface area contributed by atoms with Gasteiger partial charge in [0.05, 0.1) is 12.2 Å². The Balaban J connectivity index is 1.65. The van der Waals surface area contributed by atoms with Crippen molar-refractivity contribution in [2.75, 3.05) is 24.3 Å². The summed E-state index contributed by atoms with van der Waals surface area (Å²) in [5.41, 5.74) is 1.81. The van der Waals surface area contributed by atoms with Crippen molar-refractivity contribution in [3.05, 3.63) is 48.6 Å². The van der Waals surface area contributed by atoms with Crippen LogP contribution in [-0.4, -0.2) is 43.8 Å². The van der Waals surface area contributed by atoms with Gasteiger partial charge in [0.25, 0.3) is 11.7 Å². The molecule has 0 atom stereocenters. The van der Waals surface area contributed by atoms with Crippen LogP contribution in [-0.2, 0) is 6.54 Å². The van der Waals surface area contributed by atoms with Gasteiger partial charge in [0.2, 0.25) is 5.89 Å². The van der Waals surface area contributed by atoms with Crippen molar-refractivity contribution < 1.29 is 4.52 Å². The van der Waals surface area contributed by atoms with Crippen LogP contribution in [0.5, 0.6) is 0 Å². The van der Waals surface area contributed by atoms with Crippen molar-refractivity contribution in [2.45, 2.75) is 6.54 Å². The van der Waals surface area contributed by atoms with Crippen LogP contribution >= 0.6 is 0 Å². The average Bonchev–Trinajstić information content (AvgIpc) is 3.29. The molecule has 126 valence electrons. The Morgan fingerprint density at radius 1 is 1.16 bits per heavy atom. The van der Waals surface area contributed by atoms with Crippen molar-refractivity contribution in [2.24, 2.45) is 0 Å². The smallest absolute Gasteiger partial charge is 0.265 e. The number of hydrogen-bond acceptors (Lipinski definition) is 8. The van der Waals surface area contributed by atoms with Crippen LogP contribution in [0.2, 0.25) is 0 Å². The molecular formula is C16H16N8O. The molecule has 1 N–H and O–H groups in total. The molecule has 25 heavy (non-hydrogen) atoms. The second-order valence-electron chi connectivity index (χ2n) is 5.60. The molecule has 0 aliphatic carbocycles. The van der Waals surface area contributed by atoms with Gasteiger partial charge in [0.1, 0.15) is 12.1 Å². The summed E-state index contributed by atoms with van der Waals surface area (Å²) in [7, 11) is 3.71. The van der Waals surface area contributed by atoms with Crippen LogP contribution in [0, 0.1) is 0 Å². The highest BCUT2D eigenvalue weighted by atomic mass is 16.5. The van der Waals surface area contributed by atoms with Gasteiger partial charge in [0, 0.05) is 25.7 Å². The summed E-state index contributed by atoms with van der Waals surface area (Å²) in [5.74, 6) is 2.27. The van der Waals surface area contributed by atoms with Crippen molar-refractivity contribution in [1.29, 1.82) is 0 Å². The minimum Gasteiger partial charge on any atom is -0.361 e. The molecule has 0 amide bonds. The van der Waals surface area contributed by atoms with Crippen LogP contribution in [0.1, 0.15) is 5.89 Å². The minimum atomic E-state index is 0.369. The molecule has 0 saturated heterocycles.